The molecule has 6 heteroatoms. The van der Waals surface area contributed by atoms with Crippen molar-refractivity contribution >= 4 is 34.6 Å². The molecular weight excluding hydrogens is 350 g/mol. The maximum absolute atomic E-state index is 12.4. The topological polar surface area (TPSA) is 63.2 Å². The molecule has 3 aromatic rings. The first-order valence-electron chi connectivity index (χ1n) is 8.17. The molecule has 0 aliphatic carbocycles. The molecule has 0 radical (unpaired) electrons. The highest BCUT2D eigenvalue weighted by atomic mass is 35.5. The van der Waals surface area contributed by atoms with Crippen molar-refractivity contribution < 1.29 is 9.53 Å². The molecule has 0 bridgehead atoms. The normalized spacial score (nSPS) is 10.2. The summed E-state index contributed by atoms with van der Waals surface area (Å²) >= 11 is 5.85. The molecule has 26 heavy (non-hydrogen) atoms. The highest BCUT2D eigenvalue weighted by Gasteiger charge is 2.10. The minimum Gasteiger partial charge on any atom is -0.492 e. The molecule has 0 spiro atoms. The van der Waals surface area contributed by atoms with E-state index in [2.05, 4.69) is 15.6 Å². The van der Waals surface area contributed by atoms with Crippen LogP contribution in [0.3, 0.4) is 0 Å². The first-order chi connectivity index (χ1) is 12.7. The van der Waals surface area contributed by atoms with E-state index in [0.29, 0.717) is 23.0 Å². The van der Waals surface area contributed by atoms with Crippen LogP contribution in [0.25, 0.3) is 0 Å². The van der Waals surface area contributed by atoms with Gasteiger partial charge in [-0.05, 0) is 55.5 Å². The lowest BCUT2D eigenvalue weighted by Gasteiger charge is -2.12. The Hall–Kier alpha value is -3.05. The number of nitrogens with one attached hydrogen (secondary N) is 2. The Bertz CT molecular complexity index is 898. The Morgan fingerprint density at radius 1 is 1.08 bits per heavy atom. The van der Waals surface area contributed by atoms with Gasteiger partial charge in [0.1, 0.15) is 11.4 Å². The van der Waals surface area contributed by atoms with Gasteiger partial charge in [-0.3, -0.25) is 9.78 Å². The lowest BCUT2D eigenvalue weighted by atomic mass is 10.2. The number of benzene rings is 2. The van der Waals surface area contributed by atoms with Gasteiger partial charge in [-0.25, -0.2) is 0 Å². The van der Waals surface area contributed by atoms with Crippen molar-refractivity contribution in [3.8, 4) is 5.75 Å². The van der Waals surface area contributed by atoms with Gasteiger partial charge in [0.05, 0.1) is 12.3 Å². The van der Waals surface area contributed by atoms with E-state index in [-0.39, 0.29) is 5.91 Å². The second kappa shape index (κ2) is 8.36. The summed E-state index contributed by atoms with van der Waals surface area (Å²) in [5.74, 6) is 0.452. The van der Waals surface area contributed by atoms with E-state index in [0.717, 1.165) is 17.1 Å². The van der Waals surface area contributed by atoms with Gasteiger partial charge in [-0.1, -0.05) is 23.7 Å². The molecule has 3 rings (SSSR count). The lowest BCUT2D eigenvalue weighted by Crippen LogP contribution is -2.13. The molecule has 0 atom stereocenters. The largest absolute Gasteiger partial charge is 0.492 e. The summed E-state index contributed by atoms with van der Waals surface area (Å²) in [7, 11) is 0. The number of ether oxygens (including phenoxy) is 1. The third kappa shape index (κ3) is 4.52. The van der Waals surface area contributed by atoms with Crippen molar-refractivity contribution in [1.29, 1.82) is 0 Å². The number of halogens is 1. The van der Waals surface area contributed by atoms with Gasteiger partial charge in [0.2, 0.25) is 0 Å². The minimum absolute atomic E-state index is 0.297. The third-order valence-electron chi connectivity index (χ3n) is 3.56. The molecule has 0 aliphatic heterocycles. The number of hydrogen-bond acceptors (Lipinski definition) is 4. The molecule has 132 valence electrons. The standard InChI is InChI=1S/C20H18ClN3O2/c1-2-26-19-6-4-3-5-17(19)23-16-11-12-22-18(13-16)20(25)24-15-9-7-14(21)8-10-15/h3-13H,2H2,1H3,(H,22,23)(H,24,25). The Morgan fingerprint density at radius 2 is 1.85 bits per heavy atom. The van der Waals surface area contributed by atoms with E-state index in [1.807, 2.05) is 31.2 Å². The van der Waals surface area contributed by atoms with Gasteiger partial charge in [0.25, 0.3) is 5.91 Å². The van der Waals surface area contributed by atoms with E-state index in [1.54, 1.807) is 42.6 Å². The molecule has 0 saturated carbocycles. The number of carbonyl (C=O) groups is 1. The zero-order chi connectivity index (χ0) is 18.4. The monoisotopic (exact) mass is 367 g/mol. The summed E-state index contributed by atoms with van der Waals surface area (Å²) in [4.78, 5) is 16.6. The molecule has 5 nitrogen and oxygen atoms in total. The van der Waals surface area contributed by atoms with Crippen molar-refractivity contribution in [3.63, 3.8) is 0 Å². The number of pyridine rings is 1. The van der Waals surface area contributed by atoms with Gasteiger partial charge in [-0.15, -0.1) is 0 Å². The summed E-state index contributed by atoms with van der Waals surface area (Å²) in [6.07, 6.45) is 1.59. The number of aromatic nitrogens is 1. The summed E-state index contributed by atoms with van der Waals surface area (Å²) < 4.78 is 5.61. The van der Waals surface area contributed by atoms with Crippen molar-refractivity contribution in [3.05, 3.63) is 77.6 Å². The molecule has 1 amide bonds. The van der Waals surface area contributed by atoms with Crippen molar-refractivity contribution in [2.45, 2.75) is 6.92 Å². The number of nitrogens with zero attached hydrogens (tertiary/aromatic N) is 1. The van der Waals surface area contributed by atoms with Crippen LogP contribution in [-0.4, -0.2) is 17.5 Å². The van der Waals surface area contributed by atoms with Gasteiger partial charge in [0, 0.05) is 22.6 Å². The number of amides is 1. The smallest absolute Gasteiger partial charge is 0.274 e. The molecule has 1 aromatic heterocycles. The Balaban J connectivity index is 1.76. The SMILES string of the molecule is CCOc1ccccc1Nc1ccnc(C(=O)Nc2ccc(Cl)cc2)c1. The zero-order valence-corrected chi connectivity index (χ0v) is 15.0. The molecular formula is C20H18ClN3O2. The van der Waals surface area contributed by atoms with E-state index in [1.165, 1.54) is 0 Å². The summed E-state index contributed by atoms with van der Waals surface area (Å²) in [6.45, 7) is 2.51. The highest BCUT2D eigenvalue weighted by Crippen LogP contribution is 2.27. The van der Waals surface area contributed by atoms with Gasteiger partial charge in [-0.2, -0.15) is 0 Å². The van der Waals surface area contributed by atoms with E-state index < -0.39 is 0 Å². The van der Waals surface area contributed by atoms with Crippen molar-refractivity contribution in [2.75, 3.05) is 17.2 Å². The molecule has 0 unspecified atom stereocenters. The Labute approximate surface area is 157 Å². The second-order valence-corrected chi connectivity index (χ2v) is 5.88. The van der Waals surface area contributed by atoms with Crippen LogP contribution in [0.1, 0.15) is 17.4 Å². The number of para-hydroxylation sites is 2. The van der Waals surface area contributed by atoms with E-state index >= 15 is 0 Å². The van der Waals surface area contributed by atoms with Crippen molar-refractivity contribution in [2.24, 2.45) is 0 Å². The maximum Gasteiger partial charge on any atom is 0.274 e. The number of anilines is 3. The molecule has 1 heterocycles. The van der Waals surface area contributed by atoms with Crippen LogP contribution in [-0.2, 0) is 0 Å². The van der Waals surface area contributed by atoms with Gasteiger partial charge >= 0.3 is 0 Å². The Kier molecular flexibility index (Phi) is 5.71. The van der Waals surface area contributed by atoms with Gasteiger partial charge in [0.15, 0.2) is 0 Å². The maximum atomic E-state index is 12.4. The van der Waals surface area contributed by atoms with E-state index in [9.17, 15) is 4.79 Å². The quantitative estimate of drug-likeness (QED) is 0.634. The fraction of sp³-hybridized carbons (Fsp3) is 0.100. The molecule has 0 saturated heterocycles. The van der Waals surface area contributed by atoms with Crippen LogP contribution < -0.4 is 15.4 Å². The molecule has 2 N–H and O–H groups in total. The second-order valence-electron chi connectivity index (χ2n) is 5.44. The molecule has 0 fully saturated rings. The summed E-state index contributed by atoms with van der Waals surface area (Å²) in [6, 6.07) is 18.0. The van der Waals surface area contributed by atoms with Crippen LogP contribution in [0.15, 0.2) is 66.9 Å². The fourth-order valence-corrected chi connectivity index (χ4v) is 2.49. The number of hydrogen-bond donors (Lipinski definition) is 2. The lowest BCUT2D eigenvalue weighted by molar-refractivity contribution is 0.102. The van der Waals surface area contributed by atoms with Crippen LogP contribution in [0.4, 0.5) is 17.1 Å². The van der Waals surface area contributed by atoms with Crippen LogP contribution in [0.2, 0.25) is 5.02 Å². The van der Waals surface area contributed by atoms with Crippen LogP contribution in [0.5, 0.6) is 5.75 Å². The van der Waals surface area contributed by atoms with E-state index in [4.69, 9.17) is 16.3 Å². The number of carbonyl (C=O) groups excluding carboxylic acids is 1. The first-order valence-corrected chi connectivity index (χ1v) is 8.55. The third-order valence-corrected chi connectivity index (χ3v) is 3.81. The Morgan fingerprint density at radius 3 is 2.62 bits per heavy atom. The predicted molar refractivity (Wildman–Crippen MR) is 105 cm³/mol. The molecule has 2 aromatic carbocycles. The summed E-state index contributed by atoms with van der Waals surface area (Å²) in [5, 5.41) is 6.67. The van der Waals surface area contributed by atoms with Crippen LogP contribution >= 0.6 is 11.6 Å². The fourth-order valence-electron chi connectivity index (χ4n) is 2.37. The first kappa shape index (κ1) is 17.8. The van der Waals surface area contributed by atoms with Gasteiger partial charge < -0.3 is 15.4 Å². The number of rotatable bonds is 6. The molecule has 0 aliphatic rings. The zero-order valence-electron chi connectivity index (χ0n) is 14.2. The average Bonchev–Trinajstić information content (AvgIpc) is 2.66. The minimum atomic E-state index is -0.297. The van der Waals surface area contributed by atoms with Crippen LogP contribution in [0, 0.1) is 0 Å². The summed E-state index contributed by atoms with van der Waals surface area (Å²) in [5.41, 5.74) is 2.53. The predicted octanol–water partition coefficient (Wildman–Crippen LogP) is 5.13. The van der Waals surface area contributed by atoms with Crippen molar-refractivity contribution in [1.82, 2.24) is 4.98 Å². The average molecular weight is 368 g/mol. The highest BCUT2D eigenvalue weighted by molar-refractivity contribution is 6.30.